The molecular weight excluding hydrogens is 310 g/mol. The van der Waals surface area contributed by atoms with Gasteiger partial charge >= 0.3 is 0 Å². The Kier molecular flexibility index (Phi) is 4.63. The predicted octanol–water partition coefficient (Wildman–Crippen LogP) is 3.53. The Balaban J connectivity index is 1.63. The second kappa shape index (κ2) is 7.02. The summed E-state index contributed by atoms with van der Waals surface area (Å²) in [5.41, 5.74) is 1.91. The minimum Gasteiger partial charge on any atom is -0.484 e. The van der Waals surface area contributed by atoms with Gasteiger partial charge in [0.2, 0.25) is 0 Å². The zero-order chi connectivity index (χ0) is 16.1. The van der Waals surface area contributed by atoms with Crippen LogP contribution in [0.25, 0.3) is 10.4 Å². The first-order valence-corrected chi connectivity index (χ1v) is 7.89. The molecular formula is C17H15N3O2S. The first-order valence-electron chi connectivity index (χ1n) is 7.08. The van der Waals surface area contributed by atoms with Crippen LogP contribution in [0, 0.1) is 6.92 Å². The fraction of sp³-hybridized carbons (Fsp3) is 0.118. The van der Waals surface area contributed by atoms with Gasteiger partial charge in [0.1, 0.15) is 5.75 Å². The molecule has 2 aromatic heterocycles. The van der Waals surface area contributed by atoms with Crippen molar-refractivity contribution < 1.29 is 9.53 Å². The van der Waals surface area contributed by atoms with E-state index in [9.17, 15) is 4.79 Å². The van der Waals surface area contributed by atoms with Gasteiger partial charge in [0.05, 0.1) is 10.6 Å². The molecule has 0 fully saturated rings. The van der Waals surface area contributed by atoms with Crippen LogP contribution in [0.3, 0.4) is 0 Å². The molecule has 0 saturated carbocycles. The number of nitrogens with one attached hydrogen (secondary N) is 1. The lowest BCUT2D eigenvalue weighted by molar-refractivity contribution is -0.118. The van der Waals surface area contributed by atoms with Gasteiger partial charge in [-0.05, 0) is 36.8 Å². The summed E-state index contributed by atoms with van der Waals surface area (Å²) in [5, 5.41) is 3.34. The highest BCUT2D eigenvalue weighted by Gasteiger charge is 2.12. The number of benzene rings is 1. The summed E-state index contributed by atoms with van der Waals surface area (Å²) in [6, 6.07) is 13.1. The highest BCUT2D eigenvalue weighted by molar-refractivity contribution is 7.19. The van der Waals surface area contributed by atoms with Crippen LogP contribution >= 0.6 is 11.3 Å². The van der Waals surface area contributed by atoms with Gasteiger partial charge in [0.15, 0.2) is 11.7 Å². The quantitative estimate of drug-likeness (QED) is 0.779. The molecule has 0 radical (unpaired) electrons. The van der Waals surface area contributed by atoms with E-state index in [0.29, 0.717) is 10.9 Å². The van der Waals surface area contributed by atoms with Crippen molar-refractivity contribution in [2.75, 3.05) is 11.9 Å². The summed E-state index contributed by atoms with van der Waals surface area (Å²) in [5.74, 6) is 0.430. The average molecular weight is 325 g/mol. The monoisotopic (exact) mass is 325 g/mol. The van der Waals surface area contributed by atoms with Gasteiger partial charge in [-0.3, -0.25) is 15.1 Å². The van der Waals surface area contributed by atoms with Crippen LogP contribution in [0.4, 0.5) is 5.13 Å². The summed E-state index contributed by atoms with van der Waals surface area (Å²) < 4.78 is 5.42. The standard InChI is InChI=1S/C17H15N3O2S/c1-12-16(13-7-9-18-10-8-13)23-17(19-12)20-15(21)11-22-14-5-3-2-4-6-14/h2-10H,11H2,1H3,(H,19,20,21). The van der Waals surface area contributed by atoms with Gasteiger partial charge in [-0.15, -0.1) is 0 Å². The van der Waals surface area contributed by atoms with Gasteiger partial charge in [-0.25, -0.2) is 4.98 Å². The minimum absolute atomic E-state index is 0.0484. The molecule has 3 rings (SSSR count). The Morgan fingerprint density at radius 3 is 2.65 bits per heavy atom. The highest BCUT2D eigenvalue weighted by Crippen LogP contribution is 2.32. The third-order valence-electron chi connectivity index (χ3n) is 3.10. The van der Waals surface area contributed by atoms with Gasteiger partial charge in [-0.1, -0.05) is 29.5 Å². The number of thiazole rings is 1. The number of rotatable bonds is 5. The predicted molar refractivity (Wildman–Crippen MR) is 90.6 cm³/mol. The van der Waals surface area contributed by atoms with Crippen LogP contribution in [-0.4, -0.2) is 22.5 Å². The van der Waals surface area contributed by atoms with Gasteiger partial charge in [-0.2, -0.15) is 0 Å². The second-order valence-electron chi connectivity index (χ2n) is 4.82. The van der Waals surface area contributed by atoms with Crippen LogP contribution in [-0.2, 0) is 4.79 Å². The van der Waals surface area contributed by atoms with Gasteiger partial charge in [0.25, 0.3) is 5.91 Å². The number of hydrogen-bond donors (Lipinski definition) is 1. The molecule has 0 aliphatic rings. The molecule has 23 heavy (non-hydrogen) atoms. The van der Waals surface area contributed by atoms with E-state index in [1.807, 2.05) is 49.4 Å². The maximum atomic E-state index is 12.0. The number of anilines is 1. The maximum Gasteiger partial charge on any atom is 0.264 e. The SMILES string of the molecule is Cc1nc(NC(=O)COc2ccccc2)sc1-c1ccncc1. The first kappa shape index (κ1) is 15.2. The van der Waals surface area contributed by atoms with E-state index in [1.165, 1.54) is 11.3 Å². The van der Waals surface area contributed by atoms with Crippen LogP contribution in [0.15, 0.2) is 54.9 Å². The molecule has 1 aromatic carbocycles. The molecule has 1 N–H and O–H groups in total. The van der Waals surface area contributed by atoms with Crippen molar-refractivity contribution >= 4 is 22.4 Å². The molecule has 116 valence electrons. The van der Waals surface area contributed by atoms with Crippen molar-refractivity contribution in [3.63, 3.8) is 0 Å². The lowest BCUT2D eigenvalue weighted by atomic mass is 10.2. The van der Waals surface area contributed by atoms with Crippen LogP contribution < -0.4 is 10.1 Å². The van der Waals surface area contributed by atoms with Crippen molar-refractivity contribution in [3.05, 3.63) is 60.6 Å². The maximum absolute atomic E-state index is 12.0. The largest absolute Gasteiger partial charge is 0.484 e. The molecule has 1 amide bonds. The fourth-order valence-corrected chi connectivity index (χ4v) is 3.03. The molecule has 2 heterocycles. The van der Waals surface area contributed by atoms with Gasteiger partial charge in [0, 0.05) is 12.4 Å². The Morgan fingerprint density at radius 2 is 1.91 bits per heavy atom. The molecule has 0 saturated heterocycles. The molecule has 0 spiro atoms. The molecule has 0 unspecified atom stereocenters. The molecule has 0 aliphatic heterocycles. The molecule has 0 bridgehead atoms. The Labute approximate surface area is 138 Å². The molecule has 5 nitrogen and oxygen atoms in total. The highest BCUT2D eigenvalue weighted by atomic mass is 32.1. The zero-order valence-electron chi connectivity index (χ0n) is 12.5. The number of nitrogens with zero attached hydrogens (tertiary/aromatic N) is 2. The Morgan fingerprint density at radius 1 is 1.17 bits per heavy atom. The summed E-state index contributed by atoms with van der Waals surface area (Å²) in [6.07, 6.45) is 3.47. The Bertz CT molecular complexity index is 788. The number of hydrogen-bond acceptors (Lipinski definition) is 5. The molecule has 3 aromatic rings. The number of carbonyl (C=O) groups is 1. The summed E-state index contributed by atoms with van der Waals surface area (Å²) in [7, 11) is 0. The van der Waals surface area contributed by atoms with E-state index in [2.05, 4.69) is 15.3 Å². The van der Waals surface area contributed by atoms with Crippen LogP contribution in [0.1, 0.15) is 5.69 Å². The smallest absolute Gasteiger partial charge is 0.264 e. The van der Waals surface area contributed by atoms with E-state index < -0.39 is 0 Å². The van der Waals surface area contributed by atoms with E-state index >= 15 is 0 Å². The fourth-order valence-electron chi connectivity index (χ4n) is 2.04. The lowest BCUT2D eigenvalue weighted by Crippen LogP contribution is -2.20. The lowest BCUT2D eigenvalue weighted by Gasteiger charge is -2.05. The number of amides is 1. The summed E-state index contributed by atoms with van der Waals surface area (Å²) in [6.45, 7) is 1.87. The third kappa shape index (κ3) is 3.92. The average Bonchev–Trinajstić information content (AvgIpc) is 2.95. The molecule has 0 atom stereocenters. The zero-order valence-corrected chi connectivity index (χ0v) is 13.3. The number of aryl methyl sites for hydroxylation is 1. The first-order chi connectivity index (χ1) is 11.2. The van der Waals surface area contributed by atoms with Crippen molar-refractivity contribution in [1.29, 1.82) is 0 Å². The van der Waals surface area contributed by atoms with Crippen LogP contribution in [0.5, 0.6) is 5.75 Å². The summed E-state index contributed by atoms with van der Waals surface area (Å²) in [4.78, 5) is 21.4. The second-order valence-corrected chi connectivity index (χ2v) is 5.82. The van der Waals surface area contributed by atoms with Crippen molar-refractivity contribution in [2.24, 2.45) is 0 Å². The number of ether oxygens (including phenoxy) is 1. The minimum atomic E-state index is -0.233. The van der Waals surface area contributed by atoms with Gasteiger partial charge < -0.3 is 4.74 Å². The topological polar surface area (TPSA) is 64.1 Å². The number of carbonyl (C=O) groups excluding carboxylic acids is 1. The van der Waals surface area contributed by atoms with E-state index in [-0.39, 0.29) is 12.5 Å². The third-order valence-corrected chi connectivity index (χ3v) is 4.22. The van der Waals surface area contributed by atoms with E-state index in [4.69, 9.17) is 4.74 Å². The van der Waals surface area contributed by atoms with Crippen LogP contribution in [0.2, 0.25) is 0 Å². The van der Waals surface area contributed by atoms with Crippen molar-refractivity contribution in [2.45, 2.75) is 6.92 Å². The Hall–Kier alpha value is -2.73. The van der Waals surface area contributed by atoms with Crippen molar-refractivity contribution in [1.82, 2.24) is 9.97 Å². The van der Waals surface area contributed by atoms with E-state index in [1.54, 1.807) is 12.4 Å². The van der Waals surface area contributed by atoms with E-state index in [0.717, 1.165) is 16.1 Å². The summed E-state index contributed by atoms with van der Waals surface area (Å²) >= 11 is 1.44. The van der Waals surface area contributed by atoms with Crippen molar-refractivity contribution in [3.8, 4) is 16.2 Å². The number of para-hydroxylation sites is 1. The normalized spacial score (nSPS) is 10.3. The number of pyridine rings is 1. The number of aromatic nitrogens is 2. The molecule has 0 aliphatic carbocycles. The molecule has 6 heteroatoms.